The number of hydrogen-bond acceptors (Lipinski definition) is 6. The van der Waals surface area contributed by atoms with Crippen molar-refractivity contribution in [2.45, 2.75) is 11.1 Å². The molecule has 2 amide bonds. The fraction of sp³-hybridized carbons (Fsp3) is 0.500. The number of carbonyl (C=O) groups is 2. The third-order valence-electron chi connectivity index (χ3n) is 3.85. The van der Waals surface area contributed by atoms with Crippen LogP contribution in [0.1, 0.15) is 0 Å². The van der Waals surface area contributed by atoms with Gasteiger partial charge >= 0.3 is 11.8 Å². The van der Waals surface area contributed by atoms with Crippen LogP contribution in [0.5, 0.6) is 0 Å². The maximum atomic E-state index is 12.8. The Labute approximate surface area is 167 Å². The maximum absolute atomic E-state index is 12.8. The predicted octanol–water partition coefficient (Wildman–Crippen LogP) is -0.410. The van der Waals surface area contributed by atoms with Gasteiger partial charge in [0.05, 0.1) is 18.0 Å². The first kappa shape index (κ1) is 21.8. The highest BCUT2D eigenvalue weighted by Crippen LogP contribution is 2.23. The standard InChI is InChI=1S/C16H23BrN4O5S/c1-20(2)8-7-18-15(22)16(23)19-11-14-21(9-10-26-14)27(24,25)13-5-3-12(17)4-6-13/h3-6,14H,7-11H2,1-2H3,(H,18,22)(H,19,23)/t14-/m1/s1. The van der Waals surface area contributed by atoms with Crippen molar-refractivity contribution in [1.82, 2.24) is 19.8 Å². The van der Waals surface area contributed by atoms with Crippen molar-refractivity contribution >= 4 is 37.8 Å². The number of sulfonamides is 1. The van der Waals surface area contributed by atoms with E-state index in [2.05, 4.69) is 26.6 Å². The van der Waals surface area contributed by atoms with E-state index in [1.54, 1.807) is 12.1 Å². The Hall–Kier alpha value is -1.53. The fourth-order valence-electron chi connectivity index (χ4n) is 2.42. The van der Waals surface area contributed by atoms with Crippen molar-refractivity contribution in [1.29, 1.82) is 0 Å². The monoisotopic (exact) mass is 462 g/mol. The van der Waals surface area contributed by atoms with Crippen LogP contribution >= 0.6 is 15.9 Å². The van der Waals surface area contributed by atoms with E-state index in [-0.39, 0.29) is 24.6 Å². The molecule has 1 saturated heterocycles. The van der Waals surface area contributed by atoms with Gasteiger partial charge in [0, 0.05) is 24.1 Å². The van der Waals surface area contributed by atoms with Crippen molar-refractivity contribution in [3.8, 4) is 0 Å². The fourth-order valence-corrected chi connectivity index (χ4v) is 4.19. The second-order valence-corrected chi connectivity index (χ2v) is 8.97. The van der Waals surface area contributed by atoms with E-state index in [0.29, 0.717) is 13.1 Å². The molecule has 1 aromatic rings. The molecule has 1 aliphatic heterocycles. The van der Waals surface area contributed by atoms with E-state index in [4.69, 9.17) is 4.74 Å². The van der Waals surface area contributed by atoms with Crippen LogP contribution in [0.4, 0.5) is 0 Å². The van der Waals surface area contributed by atoms with Crippen LogP contribution in [-0.4, -0.2) is 82.5 Å². The Balaban J connectivity index is 1.93. The Morgan fingerprint density at radius 3 is 2.48 bits per heavy atom. The van der Waals surface area contributed by atoms with Gasteiger partial charge in [-0.05, 0) is 38.4 Å². The van der Waals surface area contributed by atoms with E-state index < -0.39 is 28.1 Å². The Bertz CT molecular complexity index is 770. The third-order valence-corrected chi connectivity index (χ3v) is 6.28. The van der Waals surface area contributed by atoms with Gasteiger partial charge in [-0.2, -0.15) is 4.31 Å². The number of likely N-dealkylation sites (N-methyl/N-ethyl adjacent to an activating group) is 1. The van der Waals surface area contributed by atoms with Crippen molar-refractivity contribution < 1.29 is 22.7 Å². The number of hydrogen-bond donors (Lipinski definition) is 2. The average Bonchev–Trinajstić information content (AvgIpc) is 3.09. The minimum Gasteiger partial charge on any atom is -0.359 e. The SMILES string of the molecule is CN(C)CCNC(=O)C(=O)NC[C@H]1OCCN1S(=O)(=O)c1ccc(Br)cc1. The van der Waals surface area contributed by atoms with E-state index in [1.807, 2.05) is 19.0 Å². The number of halogens is 1. The lowest BCUT2D eigenvalue weighted by Crippen LogP contribution is -2.48. The minimum atomic E-state index is -3.77. The molecule has 0 bridgehead atoms. The summed E-state index contributed by atoms with van der Waals surface area (Å²) in [6, 6.07) is 6.26. The first-order valence-electron chi connectivity index (χ1n) is 8.31. The summed E-state index contributed by atoms with van der Waals surface area (Å²) in [6.07, 6.45) is -0.864. The lowest BCUT2D eigenvalue weighted by atomic mass is 10.4. The molecule has 11 heteroatoms. The topological polar surface area (TPSA) is 108 Å². The summed E-state index contributed by atoms with van der Waals surface area (Å²) >= 11 is 3.27. The molecule has 0 spiro atoms. The molecule has 150 valence electrons. The van der Waals surface area contributed by atoms with Crippen LogP contribution in [0.2, 0.25) is 0 Å². The Morgan fingerprint density at radius 2 is 1.85 bits per heavy atom. The summed E-state index contributed by atoms with van der Waals surface area (Å²) in [7, 11) is -0.0637. The summed E-state index contributed by atoms with van der Waals surface area (Å²) in [6.45, 7) is 1.21. The summed E-state index contributed by atoms with van der Waals surface area (Å²) in [5.41, 5.74) is 0. The molecule has 1 aromatic carbocycles. The highest BCUT2D eigenvalue weighted by atomic mass is 79.9. The first-order valence-corrected chi connectivity index (χ1v) is 10.5. The van der Waals surface area contributed by atoms with Gasteiger partial charge in [0.25, 0.3) is 0 Å². The zero-order valence-electron chi connectivity index (χ0n) is 15.1. The summed E-state index contributed by atoms with van der Waals surface area (Å²) in [5.74, 6) is -1.59. The molecule has 0 saturated carbocycles. The quantitative estimate of drug-likeness (QED) is 0.533. The molecule has 9 nitrogen and oxygen atoms in total. The number of nitrogens with one attached hydrogen (secondary N) is 2. The molecule has 1 heterocycles. The lowest BCUT2D eigenvalue weighted by molar-refractivity contribution is -0.139. The smallest absolute Gasteiger partial charge is 0.309 e. The normalized spacial score (nSPS) is 17.9. The molecule has 0 aliphatic carbocycles. The molecular weight excluding hydrogens is 440 g/mol. The van der Waals surface area contributed by atoms with Crippen LogP contribution in [0.15, 0.2) is 33.6 Å². The number of amides is 2. The van der Waals surface area contributed by atoms with Gasteiger partial charge in [-0.25, -0.2) is 8.42 Å². The van der Waals surface area contributed by atoms with Gasteiger partial charge in [0.2, 0.25) is 10.0 Å². The van der Waals surface area contributed by atoms with Crippen LogP contribution in [0.3, 0.4) is 0 Å². The predicted molar refractivity (Wildman–Crippen MR) is 102 cm³/mol. The molecule has 1 fully saturated rings. The van der Waals surface area contributed by atoms with E-state index in [0.717, 1.165) is 4.47 Å². The van der Waals surface area contributed by atoms with Crippen molar-refractivity contribution in [2.24, 2.45) is 0 Å². The van der Waals surface area contributed by atoms with E-state index in [9.17, 15) is 18.0 Å². The molecule has 27 heavy (non-hydrogen) atoms. The molecular formula is C16H23BrN4O5S. The van der Waals surface area contributed by atoms with Crippen LogP contribution in [0.25, 0.3) is 0 Å². The summed E-state index contributed by atoms with van der Waals surface area (Å²) in [4.78, 5) is 25.6. The average molecular weight is 463 g/mol. The number of rotatable bonds is 7. The molecule has 1 atom stereocenters. The summed E-state index contributed by atoms with van der Waals surface area (Å²) < 4.78 is 32.9. The number of nitrogens with zero attached hydrogens (tertiary/aromatic N) is 2. The lowest BCUT2D eigenvalue weighted by Gasteiger charge is -2.22. The van der Waals surface area contributed by atoms with Crippen molar-refractivity contribution in [3.05, 3.63) is 28.7 Å². The number of ether oxygens (including phenoxy) is 1. The van der Waals surface area contributed by atoms with Gasteiger partial charge in [-0.1, -0.05) is 15.9 Å². The van der Waals surface area contributed by atoms with Crippen molar-refractivity contribution in [3.63, 3.8) is 0 Å². The Morgan fingerprint density at radius 1 is 1.22 bits per heavy atom. The zero-order valence-corrected chi connectivity index (χ0v) is 17.5. The second-order valence-electron chi connectivity index (χ2n) is 6.16. The number of carbonyl (C=O) groups excluding carboxylic acids is 2. The first-order chi connectivity index (χ1) is 12.7. The van der Waals surface area contributed by atoms with Gasteiger partial charge in [0.15, 0.2) is 0 Å². The van der Waals surface area contributed by atoms with Crippen LogP contribution in [-0.2, 0) is 24.3 Å². The second kappa shape index (κ2) is 9.60. The molecule has 1 aliphatic rings. The zero-order chi connectivity index (χ0) is 20.0. The largest absolute Gasteiger partial charge is 0.359 e. The highest BCUT2D eigenvalue weighted by molar-refractivity contribution is 9.10. The maximum Gasteiger partial charge on any atom is 0.309 e. The summed E-state index contributed by atoms with van der Waals surface area (Å²) in [5, 5.41) is 4.91. The van der Waals surface area contributed by atoms with Gasteiger partial charge in [0.1, 0.15) is 6.23 Å². The van der Waals surface area contributed by atoms with Crippen LogP contribution < -0.4 is 10.6 Å². The van der Waals surface area contributed by atoms with Gasteiger partial charge in [-0.15, -0.1) is 0 Å². The van der Waals surface area contributed by atoms with E-state index in [1.165, 1.54) is 16.4 Å². The third kappa shape index (κ3) is 5.98. The molecule has 2 N–H and O–H groups in total. The van der Waals surface area contributed by atoms with Crippen molar-refractivity contribution in [2.75, 3.05) is 46.9 Å². The molecule has 0 radical (unpaired) electrons. The molecule has 0 unspecified atom stereocenters. The highest BCUT2D eigenvalue weighted by Gasteiger charge is 2.36. The number of benzene rings is 1. The van der Waals surface area contributed by atoms with Gasteiger partial charge < -0.3 is 20.3 Å². The van der Waals surface area contributed by atoms with Crippen LogP contribution in [0, 0.1) is 0 Å². The molecule has 0 aromatic heterocycles. The minimum absolute atomic E-state index is 0.115. The Kier molecular flexibility index (Phi) is 7.74. The van der Waals surface area contributed by atoms with E-state index >= 15 is 0 Å². The molecule has 2 rings (SSSR count). The van der Waals surface area contributed by atoms with Gasteiger partial charge in [-0.3, -0.25) is 9.59 Å².